The third kappa shape index (κ3) is 4.58. The van der Waals surface area contributed by atoms with Gasteiger partial charge in [0.15, 0.2) is 0 Å². The number of carboxylic acid groups (broad SMARTS) is 1. The van der Waals surface area contributed by atoms with Crippen molar-refractivity contribution in [1.82, 2.24) is 24.4 Å². The van der Waals surface area contributed by atoms with E-state index in [9.17, 15) is 14.7 Å². The van der Waals surface area contributed by atoms with Gasteiger partial charge in [0.25, 0.3) is 0 Å². The quantitative estimate of drug-likeness (QED) is 0.548. The molecule has 2 aromatic heterocycles. The Hall–Kier alpha value is -3.51. The maximum Gasteiger partial charge on any atom is 0.341 e. The van der Waals surface area contributed by atoms with Crippen molar-refractivity contribution >= 4 is 39.4 Å². The number of anilines is 1. The number of piperazine rings is 1. The molecule has 0 aliphatic carbocycles. The molecule has 0 amide bonds. The minimum absolute atomic E-state index is 0.0786. The van der Waals surface area contributed by atoms with Gasteiger partial charge in [0.05, 0.1) is 29.9 Å². The molecule has 1 fully saturated rings. The Labute approximate surface area is 204 Å². The Balaban J connectivity index is 1.30. The monoisotopic (exact) mass is 497 g/mol. The Kier molecular flexibility index (Phi) is 6.39. The topological polar surface area (TPSA) is 107 Å². The fourth-order valence-electron chi connectivity index (χ4n) is 4.35. The summed E-state index contributed by atoms with van der Waals surface area (Å²) >= 11 is 1.62. The van der Waals surface area contributed by atoms with Crippen molar-refractivity contribution in [1.29, 1.82) is 0 Å². The van der Waals surface area contributed by atoms with Gasteiger partial charge in [0.2, 0.25) is 5.43 Å². The van der Waals surface area contributed by atoms with E-state index in [2.05, 4.69) is 20.0 Å². The van der Waals surface area contributed by atoms with Crippen LogP contribution in [0.2, 0.25) is 0 Å². The Morgan fingerprint density at radius 2 is 2.00 bits per heavy atom. The van der Waals surface area contributed by atoms with Gasteiger partial charge in [-0.3, -0.25) is 24.7 Å². The van der Waals surface area contributed by atoms with Gasteiger partial charge in [0, 0.05) is 56.7 Å². The molecule has 0 unspecified atom stereocenters. The molecular formula is C23H24FN7O3S. The van der Waals surface area contributed by atoms with Crippen molar-refractivity contribution in [2.24, 2.45) is 5.10 Å². The predicted octanol–water partition coefficient (Wildman–Crippen LogP) is 2.10. The van der Waals surface area contributed by atoms with E-state index in [4.69, 9.17) is 0 Å². The highest BCUT2D eigenvalue weighted by Crippen LogP contribution is 2.27. The Morgan fingerprint density at radius 3 is 2.69 bits per heavy atom. The van der Waals surface area contributed by atoms with Gasteiger partial charge in [-0.15, -0.1) is 0 Å². The zero-order valence-corrected chi connectivity index (χ0v) is 19.9. The first kappa shape index (κ1) is 23.2. The molecule has 12 heteroatoms. The normalized spacial score (nSPS) is 16.7. The van der Waals surface area contributed by atoms with Gasteiger partial charge in [0.1, 0.15) is 22.1 Å². The molecule has 0 atom stereocenters. The van der Waals surface area contributed by atoms with Crippen molar-refractivity contribution in [3.63, 3.8) is 0 Å². The second-order valence-corrected chi connectivity index (χ2v) is 9.24. The summed E-state index contributed by atoms with van der Waals surface area (Å²) in [6.07, 6.45) is 6.31. The number of hydrogen-bond donors (Lipinski definition) is 1. The van der Waals surface area contributed by atoms with Crippen molar-refractivity contribution in [2.45, 2.75) is 13.5 Å². The molecule has 1 aromatic carbocycles. The number of benzene rings is 1. The molecular weight excluding hydrogens is 473 g/mol. The molecule has 1 saturated heterocycles. The summed E-state index contributed by atoms with van der Waals surface area (Å²) in [7, 11) is 0. The summed E-state index contributed by atoms with van der Waals surface area (Å²) in [5, 5.41) is 16.9. The number of fused-ring (bicyclic) bond motifs is 1. The van der Waals surface area contributed by atoms with Gasteiger partial charge >= 0.3 is 5.97 Å². The zero-order chi connectivity index (χ0) is 24.5. The number of carboxylic acids is 1. The van der Waals surface area contributed by atoms with Gasteiger partial charge in [-0.2, -0.15) is 5.10 Å². The van der Waals surface area contributed by atoms with Crippen LogP contribution in [0.3, 0.4) is 0 Å². The van der Waals surface area contributed by atoms with Crippen LogP contribution >= 0.6 is 11.8 Å². The number of hydrogen-bond acceptors (Lipinski definition) is 9. The first-order chi connectivity index (χ1) is 16.9. The molecule has 3 aromatic rings. The minimum Gasteiger partial charge on any atom is -0.477 e. The van der Waals surface area contributed by atoms with Crippen molar-refractivity contribution in [2.75, 3.05) is 43.6 Å². The minimum atomic E-state index is -1.32. The fourth-order valence-corrected chi connectivity index (χ4v) is 5.18. The maximum atomic E-state index is 15.1. The van der Waals surface area contributed by atoms with Crippen LogP contribution in [0.25, 0.3) is 10.9 Å². The maximum absolute atomic E-state index is 15.1. The first-order valence-corrected chi connectivity index (χ1v) is 12.2. The average Bonchev–Trinajstić information content (AvgIpc) is 3.34. The first-order valence-electron chi connectivity index (χ1n) is 11.2. The number of rotatable bonds is 6. The van der Waals surface area contributed by atoms with Crippen LogP contribution in [0.15, 0.2) is 46.8 Å². The van der Waals surface area contributed by atoms with E-state index in [0.717, 1.165) is 29.7 Å². The lowest BCUT2D eigenvalue weighted by Gasteiger charge is -2.37. The van der Waals surface area contributed by atoms with Gasteiger partial charge in [-0.1, -0.05) is 11.8 Å². The molecule has 5 rings (SSSR count). The van der Waals surface area contributed by atoms with Gasteiger partial charge in [-0.25, -0.2) is 9.18 Å². The summed E-state index contributed by atoms with van der Waals surface area (Å²) in [5.74, 6) is -1.11. The lowest BCUT2D eigenvalue weighted by Crippen LogP contribution is -2.49. The van der Waals surface area contributed by atoms with Crippen LogP contribution in [0.1, 0.15) is 23.0 Å². The van der Waals surface area contributed by atoms with Crippen LogP contribution in [-0.2, 0) is 6.54 Å². The smallest absolute Gasteiger partial charge is 0.341 e. The summed E-state index contributed by atoms with van der Waals surface area (Å²) in [4.78, 5) is 36.7. The lowest BCUT2D eigenvalue weighted by atomic mass is 10.1. The summed E-state index contributed by atoms with van der Waals surface area (Å²) in [6.45, 7) is 5.67. The number of carbonyl (C=O) groups is 1. The van der Waals surface area contributed by atoms with Gasteiger partial charge < -0.3 is 14.6 Å². The second kappa shape index (κ2) is 9.62. The number of hydrazone groups is 1. The van der Waals surface area contributed by atoms with E-state index in [1.54, 1.807) is 41.0 Å². The van der Waals surface area contributed by atoms with Crippen LogP contribution < -0.4 is 10.3 Å². The molecule has 0 bridgehead atoms. The third-order valence-corrected chi connectivity index (χ3v) is 7.15. The standard InChI is InChI=1S/C23H24FN7O3S/c1-2-29-12-16(23(33)34)21(32)15-9-17(24)20(10-19(15)29)30-7-5-28(6-8-30)13-31-14-35-22(27-31)18-11-25-3-4-26-18/h3-4,9-12H,2,5-8,13-14H2,1H3,(H,33,34). The molecule has 35 heavy (non-hydrogen) atoms. The second-order valence-electron chi connectivity index (χ2n) is 8.31. The molecule has 0 radical (unpaired) electrons. The number of aryl methyl sites for hydroxylation is 1. The number of aromatic carboxylic acids is 1. The number of pyridine rings is 1. The Morgan fingerprint density at radius 1 is 1.20 bits per heavy atom. The van der Waals surface area contributed by atoms with Crippen LogP contribution in [0.4, 0.5) is 10.1 Å². The van der Waals surface area contributed by atoms with Gasteiger partial charge in [-0.05, 0) is 19.1 Å². The fraction of sp³-hybridized carbons (Fsp3) is 0.348. The largest absolute Gasteiger partial charge is 0.477 e. The van der Waals surface area contributed by atoms with Crippen molar-refractivity contribution in [3.05, 3.63) is 64.2 Å². The molecule has 0 spiro atoms. The van der Waals surface area contributed by atoms with E-state index >= 15 is 4.39 Å². The zero-order valence-electron chi connectivity index (χ0n) is 19.1. The third-order valence-electron chi connectivity index (χ3n) is 6.16. The van der Waals surface area contributed by atoms with E-state index in [0.29, 0.717) is 37.5 Å². The van der Waals surface area contributed by atoms with E-state index in [-0.39, 0.29) is 10.9 Å². The molecule has 10 nitrogen and oxygen atoms in total. The molecule has 1 N–H and O–H groups in total. The number of aromatic nitrogens is 3. The highest BCUT2D eigenvalue weighted by atomic mass is 32.2. The lowest BCUT2D eigenvalue weighted by molar-refractivity contribution is 0.0695. The highest BCUT2D eigenvalue weighted by Gasteiger charge is 2.25. The van der Waals surface area contributed by atoms with Crippen molar-refractivity contribution < 1.29 is 14.3 Å². The molecule has 182 valence electrons. The summed E-state index contributed by atoms with van der Waals surface area (Å²) in [5.41, 5.74) is 0.683. The number of thioether (sulfide) groups is 1. The van der Waals surface area contributed by atoms with Crippen LogP contribution in [-0.4, -0.2) is 79.3 Å². The summed E-state index contributed by atoms with van der Waals surface area (Å²) in [6, 6.07) is 2.83. The SMILES string of the molecule is CCn1cc(C(=O)O)c(=O)c2cc(F)c(N3CCN(CN4CSC(c5cnccn5)=N4)CC3)cc21. The van der Waals surface area contributed by atoms with E-state index in [1.165, 1.54) is 12.3 Å². The molecule has 0 saturated carbocycles. The number of halogens is 1. The predicted molar refractivity (Wildman–Crippen MR) is 132 cm³/mol. The van der Waals surface area contributed by atoms with Crippen LogP contribution in [0.5, 0.6) is 0 Å². The summed E-state index contributed by atoms with van der Waals surface area (Å²) < 4.78 is 16.8. The van der Waals surface area contributed by atoms with E-state index < -0.39 is 17.2 Å². The average molecular weight is 498 g/mol. The Bertz CT molecular complexity index is 1360. The molecule has 4 heterocycles. The van der Waals surface area contributed by atoms with E-state index in [1.807, 2.05) is 16.8 Å². The van der Waals surface area contributed by atoms with Crippen LogP contribution in [0, 0.1) is 5.82 Å². The van der Waals surface area contributed by atoms with Crippen molar-refractivity contribution in [3.8, 4) is 0 Å². The molecule has 2 aliphatic heterocycles. The molecule has 2 aliphatic rings. The highest BCUT2D eigenvalue weighted by molar-refractivity contribution is 8.14. The number of nitrogens with zero attached hydrogens (tertiary/aromatic N) is 7.